The summed E-state index contributed by atoms with van der Waals surface area (Å²) in [6.45, 7) is 1.70. The van der Waals surface area contributed by atoms with Crippen LogP contribution in [-0.2, 0) is 4.79 Å². The van der Waals surface area contributed by atoms with E-state index in [1.54, 1.807) is 19.1 Å². The van der Waals surface area contributed by atoms with Crippen molar-refractivity contribution in [3.63, 3.8) is 0 Å². The number of aliphatic hydroxyl groups excluding tert-OH is 1. The third kappa shape index (κ3) is 2.59. The first-order valence-corrected chi connectivity index (χ1v) is 5.79. The number of Topliss-reactive ketones (excluding diaryl/α,β-unsaturated/α-hetero) is 1. The number of halogens is 1. The van der Waals surface area contributed by atoms with Gasteiger partial charge in [-0.1, -0.05) is 19.1 Å². The zero-order valence-electron chi connectivity index (χ0n) is 8.61. The van der Waals surface area contributed by atoms with Crippen LogP contribution in [-0.4, -0.2) is 22.0 Å². The molecule has 0 bridgehead atoms. The molecule has 0 amide bonds. The van der Waals surface area contributed by atoms with Gasteiger partial charge in [0.25, 0.3) is 0 Å². The van der Waals surface area contributed by atoms with Crippen molar-refractivity contribution in [1.82, 2.24) is 0 Å². The molecule has 1 aromatic carbocycles. The van der Waals surface area contributed by atoms with E-state index in [2.05, 4.69) is 0 Å². The normalized spacial score (nSPS) is 12.2. The lowest BCUT2D eigenvalue weighted by atomic mass is 9.98. The monoisotopic (exact) mass is 334 g/mol. The average Bonchev–Trinajstić information content (AvgIpc) is 2.26. The predicted octanol–water partition coefficient (Wildman–Crippen LogP) is 2.00. The number of rotatable bonds is 4. The minimum atomic E-state index is -1.65. The number of hydrogen-bond donors (Lipinski definition) is 2. The number of carbonyl (C=O) groups is 2. The van der Waals surface area contributed by atoms with Crippen molar-refractivity contribution >= 4 is 34.3 Å². The molecular weight excluding hydrogens is 323 g/mol. The standard InChI is InChI=1S/C11H11IO4/c1-2-8(13)9-6(10(14)11(15)16)4-3-5-7(9)12/h3-5,10,14H,2H2,1H3,(H,15,16). The van der Waals surface area contributed by atoms with Crippen LogP contribution in [0.2, 0.25) is 0 Å². The molecule has 1 rings (SSSR count). The molecule has 1 unspecified atom stereocenters. The molecule has 0 heterocycles. The molecule has 16 heavy (non-hydrogen) atoms. The van der Waals surface area contributed by atoms with E-state index < -0.39 is 12.1 Å². The molecule has 0 aromatic heterocycles. The van der Waals surface area contributed by atoms with Crippen molar-refractivity contribution in [3.05, 3.63) is 32.9 Å². The van der Waals surface area contributed by atoms with Crippen LogP contribution in [0.1, 0.15) is 35.4 Å². The van der Waals surface area contributed by atoms with Crippen LogP contribution in [0, 0.1) is 3.57 Å². The van der Waals surface area contributed by atoms with Gasteiger partial charge in [0, 0.05) is 21.1 Å². The summed E-state index contributed by atoms with van der Waals surface area (Å²) in [4.78, 5) is 22.4. The summed E-state index contributed by atoms with van der Waals surface area (Å²) >= 11 is 1.96. The number of carboxylic acids is 1. The van der Waals surface area contributed by atoms with Gasteiger partial charge in [-0.15, -0.1) is 0 Å². The zero-order chi connectivity index (χ0) is 12.3. The lowest BCUT2D eigenvalue weighted by Crippen LogP contribution is -2.16. The Kier molecular flexibility index (Phi) is 4.43. The Morgan fingerprint density at radius 2 is 2.06 bits per heavy atom. The molecule has 1 atom stereocenters. The van der Waals surface area contributed by atoms with E-state index in [4.69, 9.17) is 5.11 Å². The van der Waals surface area contributed by atoms with Crippen LogP contribution in [0.25, 0.3) is 0 Å². The predicted molar refractivity (Wildman–Crippen MR) is 66.4 cm³/mol. The molecule has 0 aliphatic carbocycles. The third-order valence-corrected chi connectivity index (χ3v) is 3.07. The van der Waals surface area contributed by atoms with Gasteiger partial charge in [0.15, 0.2) is 11.9 Å². The smallest absolute Gasteiger partial charge is 0.337 e. The van der Waals surface area contributed by atoms with Crippen molar-refractivity contribution in [2.75, 3.05) is 0 Å². The Hall–Kier alpha value is -0.950. The van der Waals surface area contributed by atoms with Gasteiger partial charge < -0.3 is 10.2 Å². The topological polar surface area (TPSA) is 74.6 Å². The molecule has 5 heteroatoms. The summed E-state index contributed by atoms with van der Waals surface area (Å²) in [6.07, 6.45) is -1.38. The number of ketones is 1. The fourth-order valence-corrected chi connectivity index (χ4v) is 2.19. The van der Waals surface area contributed by atoms with Gasteiger partial charge in [0.05, 0.1) is 0 Å². The number of aliphatic hydroxyl groups is 1. The summed E-state index contributed by atoms with van der Waals surface area (Å²) in [5, 5.41) is 18.2. The fourth-order valence-electron chi connectivity index (χ4n) is 1.37. The van der Waals surface area contributed by atoms with Gasteiger partial charge in [0.2, 0.25) is 0 Å². The highest BCUT2D eigenvalue weighted by Crippen LogP contribution is 2.24. The summed E-state index contributed by atoms with van der Waals surface area (Å²) in [5.74, 6) is -1.52. The highest BCUT2D eigenvalue weighted by Gasteiger charge is 2.23. The third-order valence-electron chi connectivity index (χ3n) is 2.17. The van der Waals surface area contributed by atoms with Crippen LogP contribution in [0.15, 0.2) is 18.2 Å². The van der Waals surface area contributed by atoms with E-state index in [0.717, 1.165) is 0 Å². The minimum Gasteiger partial charge on any atom is -0.479 e. The fraction of sp³-hybridized carbons (Fsp3) is 0.273. The molecule has 0 saturated heterocycles. The van der Waals surface area contributed by atoms with E-state index in [-0.39, 0.29) is 17.8 Å². The summed E-state index contributed by atoms with van der Waals surface area (Å²) in [5.41, 5.74) is 0.465. The maximum Gasteiger partial charge on any atom is 0.337 e. The van der Waals surface area contributed by atoms with Gasteiger partial charge in [0.1, 0.15) is 0 Å². The number of aliphatic carboxylic acids is 1. The Bertz CT molecular complexity index is 428. The number of carbonyl (C=O) groups excluding carboxylic acids is 1. The van der Waals surface area contributed by atoms with Gasteiger partial charge >= 0.3 is 5.97 Å². The molecule has 0 fully saturated rings. The van der Waals surface area contributed by atoms with Crippen LogP contribution >= 0.6 is 22.6 Å². The molecule has 0 radical (unpaired) electrons. The van der Waals surface area contributed by atoms with E-state index in [1.807, 2.05) is 22.6 Å². The Morgan fingerprint density at radius 3 is 2.56 bits per heavy atom. The highest BCUT2D eigenvalue weighted by molar-refractivity contribution is 14.1. The largest absolute Gasteiger partial charge is 0.479 e. The lowest BCUT2D eigenvalue weighted by molar-refractivity contribution is -0.146. The molecule has 86 valence electrons. The van der Waals surface area contributed by atoms with Crippen molar-refractivity contribution in [2.24, 2.45) is 0 Å². The molecule has 0 spiro atoms. The first kappa shape index (κ1) is 13.1. The maximum atomic E-state index is 11.7. The first-order valence-electron chi connectivity index (χ1n) is 4.71. The molecule has 0 aliphatic rings. The van der Waals surface area contributed by atoms with Gasteiger partial charge in [-0.2, -0.15) is 0 Å². The van der Waals surface area contributed by atoms with Gasteiger partial charge in [-0.25, -0.2) is 4.79 Å². The molecule has 0 saturated carbocycles. The summed E-state index contributed by atoms with van der Waals surface area (Å²) in [6, 6.07) is 4.79. The Balaban J connectivity index is 3.33. The quantitative estimate of drug-likeness (QED) is 0.652. The van der Waals surface area contributed by atoms with Crippen molar-refractivity contribution in [2.45, 2.75) is 19.4 Å². The molecule has 4 nitrogen and oxygen atoms in total. The summed E-state index contributed by atoms with van der Waals surface area (Å²) in [7, 11) is 0. The average molecular weight is 334 g/mol. The molecule has 2 N–H and O–H groups in total. The van der Waals surface area contributed by atoms with Crippen LogP contribution < -0.4 is 0 Å². The molecule has 0 aliphatic heterocycles. The van der Waals surface area contributed by atoms with Crippen LogP contribution in [0.4, 0.5) is 0 Å². The van der Waals surface area contributed by atoms with E-state index in [1.165, 1.54) is 6.07 Å². The zero-order valence-corrected chi connectivity index (χ0v) is 10.8. The summed E-state index contributed by atoms with van der Waals surface area (Å²) < 4.78 is 0.655. The second-order valence-corrected chi connectivity index (χ2v) is 4.38. The van der Waals surface area contributed by atoms with Gasteiger partial charge in [-0.3, -0.25) is 4.79 Å². The number of carboxylic acid groups (broad SMARTS) is 1. The van der Waals surface area contributed by atoms with E-state index in [0.29, 0.717) is 9.13 Å². The van der Waals surface area contributed by atoms with E-state index >= 15 is 0 Å². The lowest BCUT2D eigenvalue weighted by Gasteiger charge is -2.12. The number of hydrogen-bond acceptors (Lipinski definition) is 3. The van der Waals surface area contributed by atoms with Crippen molar-refractivity contribution in [1.29, 1.82) is 0 Å². The van der Waals surface area contributed by atoms with Crippen molar-refractivity contribution in [3.8, 4) is 0 Å². The van der Waals surface area contributed by atoms with Gasteiger partial charge in [-0.05, 0) is 28.7 Å². The molecular formula is C11H11IO4. The molecule has 1 aromatic rings. The SMILES string of the molecule is CCC(=O)c1c(I)cccc1C(O)C(=O)O. The Morgan fingerprint density at radius 1 is 1.44 bits per heavy atom. The minimum absolute atomic E-state index is 0.159. The maximum absolute atomic E-state index is 11.7. The second-order valence-electron chi connectivity index (χ2n) is 3.22. The first-order chi connectivity index (χ1) is 7.49. The number of benzene rings is 1. The van der Waals surface area contributed by atoms with Crippen LogP contribution in [0.5, 0.6) is 0 Å². The van der Waals surface area contributed by atoms with Crippen LogP contribution in [0.3, 0.4) is 0 Å². The van der Waals surface area contributed by atoms with Crippen molar-refractivity contribution < 1.29 is 19.8 Å². The second kappa shape index (κ2) is 5.40. The van der Waals surface area contributed by atoms with E-state index in [9.17, 15) is 14.7 Å². The highest BCUT2D eigenvalue weighted by atomic mass is 127. The Labute approximate surface area is 106 Å².